The standard InChI is InChI=1S/C25H34ClFN7O7P/c1-14(2)39-23(36)15(3)32-42(37,41-16-9-7-6-8-10-16)38-12-25(11-26)19(35)17(27)22(40-25)34-13-29-18-20(33(4)5)30-24(28)31-21(18)34/h6-10,13-15,17,19,22,35H,11-12H2,1-5H3,(H,32,37)(H2,28,30,31)/t15-,17-,19+,22-,25-,42?/m1/s1. The Hall–Kier alpha value is -3.07. The van der Waals surface area contributed by atoms with Gasteiger partial charge in [0.25, 0.3) is 0 Å². The van der Waals surface area contributed by atoms with Crippen LogP contribution in [0.3, 0.4) is 0 Å². The van der Waals surface area contributed by atoms with Crippen molar-refractivity contribution in [2.24, 2.45) is 0 Å². The minimum absolute atomic E-state index is 0.0796. The van der Waals surface area contributed by atoms with Crippen LogP contribution in [0, 0.1) is 0 Å². The molecule has 0 saturated carbocycles. The Labute approximate surface area is 246 Å². The Kier molecular flexibility index (Phi) is 9.60. The Morgan fingerprint density at radius 2 is 2.00 bits per heavy atom. The number of para-hydroxylation sites is 1. The lowest BCUT2D eigenvalue weighted by Gasteiger charge is -2.31. The van der Waals surface area contributed by atoms with Gasteiger partial charge in [0.05, 0.1) is 24.9 Å². The zero-order valence-corrected chi connectivity index (χ0v) is 25.3. The van der Waals surface area contributed by atoms with E-state index in [0.29, 0.717) is 11.3 Å². The third-order valence-corrected chi connectivity index (χ3v) is 8.39. The topological polar surface area (TPSA) is 176 Å². The van der Waals surface area contributed by atoms with Gasteiger partial charge in [0.1, 0.15) is 23.5 Å². The maximum atomic E-state index is 15.7. The summed E-state index contributed by atoms with van der Waals surface area (Å²) in [7, 11) is -0.911. The molecule has 3 aromatic rings. The third kappa shape index (κ3) is 6.61. The number of nitrogens with one attached hydrogen (secondary N) is 1. The Bertz CT molecular complexity index is 1450. The van der Waals surface area contributed by atoms with E-state index in [-0.39, 0.29) is 17.3 Å². The number of ether oxygens (including phenoxy) is 2. The van der Waals surface area contributed by atoms with Gasteiger partial charge in [0.15, 0.2) is 29.4 Å². The number of imidazole rings is 1. The van der Waals surface area contributed by atoms with Crippen LogP contribution in [0.4, 0.5) is 16.2 Å². The number of nitrogen functional groups attached to an aromatic ring is 1. The second-order valence-electron chi connectivity index (χ2n) is 10.2. The van der Waals surface area contributed by atoms with Crippen LogP contribution in [0.5, 0.6) is 5.75 Å². The summed E-state index contributed by atoms with van der Waals surface area (Å²) in [5, 5.41) is 13.5. The molecule has 0 spiro atoms. The number of carbonyl (C=O) groups excluding carboxylic acids is 1. The summed E-state index contributed by atoms with van der Waals surface area (Å²) in [5.41, 5.74) is 4.47. The summed E-state index contributed by atoms with van der Waals surface area (Å²) in [6.07, 6.45) is -4.47. The van der Waals surface area contributed by atoms with Crippen LogP contribution < -0.4 is 20.2 Å². The van der Waals surface area contributed by atoms with Crippen molar-refractivity contribution in [1.82, 2.24) is 24.6 Å². The summed E-state index contributed by atoms with van der Waals surface area (Å²) in [4.78, 5) is 26.8. The molecule has 1 saturated heterocycles. The molecule has 230 valence electrons. The number of anilines is 2. The molecule has 4 rings (SSSR count). The molecule has 1 aromatic carbocycles. The van der Waals surface area contributed by atoms with E-state index >= 15 is 4.39 Å². The molecule has 0 bridgehead atoms. The van der Waals surface area contributed by atoms with Crippen LogP contribution in [0.1, 0.15) is 27.0 Å². The molecule has 3 heterocycles. The second-order valence-corrected chi connectivity index (χ2v) is 12.2. The van der Waals surface area contributed by atoms with E-state index in [1.807, 2.05) is 0 Å². The van der Waals surface area contributed by atoms with E-state index in [1.165, 1.54) is 30.0 Å². The largest absolute Gasteiger partial charge is 0.462 e. The molecule has 0 amide bonds. The molecule has 6 atom stereocenters. The number of aromatic nitrogens is 4. The van der Waals surface area contributed by atoms with Crippen LogP contribution in [-0.4, -0.2) is 87.2 Å². The van der Waals surface area contributed by atoms with Gasteiger partial charge in [-0.15, -0.1) is 11.6 Å². The lowest BCUT2D eigenvalue weighted by Crippen LogP contribution is -2.48. The molecule has 1 unspecified atom stereocenters. The van der Waals surface area contributed by atoms with Gasteiger partial charge in [-0.3, -0.25) is 13.9 Å². The molecular weight excluding hydrogens is 596 g/mol. The van der Waals surface area contributed by atoms with Crippen molar-refractivity contribution in [3.05, 3.63) is 36.7 Å². The fourth-order valence-electron chi connectivity index (χ4n) is 4.24. The van der Waals surface area contributed by atoms with Gasteiger partial charge < -0.3 is 29.7 Å². The molecule has 0 radical (unpaired) electrons. The predicted molar refractivity (Wildman–Crippen MR) is 153 cm³/mol. The number of benzene rings is 1. The van der Waals surface area contributed by atoms with Gasteiger partial charge in [0, 0.05) is 14.1 Å². The summed E-state index contributed by atoms with van der Waals surface area (Å²) < 4.78 is 53.4. The fourth-order valence-corrected chi connectivity index (χ4v) is 6.09. The van der Waals surface area contributed by atoms with Gasteiger partial charge in [0.2, 0.25) is 5.95 Å². The van der Waals surface area contributed by atoms with Crippen LogP contribution >= 0.6 is 19.3 Å². The van der Waals surface area contributed by atoms with Gasteiger partial charge in [-0.25, -0.2) is 13.9 Å². The SMILES string of the molecule is CC(C)OC(=O)[C@@H](C)NP(=O)(OC[C@@]1(CCl)O[C@@H](n2cnc3c(N(C)C)nc(N)nc32)[C@H](F)[C@@H]1O)Oc1ccccc1. The highest BCUT2D eigenvalue weighted by Gasteiger charge is 2.57. The second kappa shape index (κ2) is 12.7. The number of alkyl halides is 2. The lowest BCUT2D eigenvalue weighted by atomic mass is 9.99. The number of aliphatic hydroxyl groups excluding tert-OH is 1. The van der Waals surface area contributed by atoms with E-state index in [2.05, 4.69) is 20.0 Å². The summed E-state index contributed by atoms with van der Waals surface area (Å²) in [5.74, 6) is -0.695. The number of halogens is 2. The third-order valence-electron chi connectivity index (χ3n) is 6.32. The van der Waals surface area contributed by atoms with Crippen LogP contribution in [0.2, 0.25) is 0 Å². The number of aliphatic hydroxyl groups is 1. The quantitative estimate of drug-likeness (QED) is 0.152. The molecule has 42 heavy (non-hydrogen) atoms. The van der Waals surface area contributed by atoms with E-state index in [9.17, 15) is 14.5 Å². The summed E-state index contributed by atoms with van der Waals surface area (Å²) >= 11 is 6.23. The van der Waals surface area contributed by atoms with E-state index < -0.39 is 62.5 Å². The zero-order valence-electron chi connectivity index (χ0n) is 23.7. The van der Waals surface area contributed by atoms with Crippen LogP contribution in [0.25, 0.3) is 11.2 Å². The van der Waals surface area contributed by atoms with Crippen LogP contribution in [-0.2, 0) is 23.4 Å². The van der Waals surface area contributed by atoms with Crippen molar-refractivity contribution in [2.75, 3.05) is 37.2 Å². The Morgan fingerprint density at radius 1 is 1.31 bits per heavy atom. The normalized spacial score (nSPS) is 24.5. The number of rotatable bonds is 12. The number of hydrogen-bond donors (Lipinski definition) is 3. The number of nitrogens with two attached hydrogens (primary N) is 1. The van der Waals surface area contributed by atoms with Crippen molar-refractivity contribution in [3.8, 4) is 5.75 Å². The molecule has 1 aliphatic rings. The smallest absolute Gasteiger partial charge is 0.459 e. The number of fused-ring (bicyclic) bond motifs is 1. The number of esters is 1. The lowest BCUT2D eigenvalue weighted by molar-refractivity contribution is -0.149. The van der Waals surface area contributed by atoms with Gasteiger partial charge in [-0.05, 0) is 32.9 Å². The average molecular weight is 630 g/mol. The first-order valence-electron chi connectivity index (χ1n) is 13.0. The van der Waals surface area contributed by atoms with Gasteiger partial charge in [-0.2, -0.15) is 15.1 Å². The Morgan fingerprint density at radius 3 is 2.62 bits per heavy atom. The van der Waals surface area contributed by atoms with E-state index in [0.717, 1.165) is 0 Å². The minimum atomic E-state index is -4.38. The minimum Gasteiger partial charge on any atom is -0.462 e. The first-order valence-corrected chi connectivity index (χ1v) is 15.1. The maximum absolute atomic E-state index is 15.7. The highest BCUT2D eigenvalue weighted by Crippen LogP contribution is 2.49. The average Bonchev–Trinajstić information content (AvgIpc) is 3.45. The number of carbonyl (C=O) groups is 1. The molecule has 1 aliphatic heterocycles. The van der Waals surface area contributed by atoms with Crippen molar-refractivity contribution in [2.45, 2.75) is 57.0 Å². The molecular formula is C25H34ClFN7O7P. The van der Waals surface area contributed by atoms with Crippen LogP contribution in [0.15, 0.2) is 36.7 Å². The molecule has 0 aliphatic carbocycles. The number of nitrogens with zero attached hydrogens (tertiary/aromatic N) is 5. The molecule has 17 heteroatoms. The summed E-state index contributed by atoms with van der Waals surface area (Å²) in [6, 6.07) is 6.94. The van der Waals surface area contributed by atoms with Crippen molar-refractivity contribution in [3.63, 3.8) is 0 Å². The summed E-state index contributed by atoms with van der Waals surface area (Å²) in [6.45, 7) is 4.06. The first kappa shape index (κ1) is 31.9. The zero-order chi connectivity index (χ0) is 30.8. The van der Waals surface area contributed by atoms with Crippen molar-refractivity contribution < 1.29 is 37.4 Å². The molecule has 14 nitrogen and oxygen atoms in total. The predicted octanol–water partition coefficient (Wildman–Crippen LogP) is 2.81. The highest BCUT2D eigenvalue weighted by atomic mass is 35.5. The van der Waals surface area contributed by atoms with E-state index in [1.54, 1.807) is 51.0 Å². The fraction of sp³-hybridized carbons (Fsp3) is 0.520. The molecule has 2 aromatic heterocycles. The highest BCUT2D eigenvalue weighted by molar-refractivity contribution is 7.52. The number of hydrogen-bond acceptors (Lipinski definition) is 12. The van der Waals surface area contributed by atoms with Gasteiger partial charge in [-0.1, -0.05) is 18.2 Å². The first-order chi connectivity index (χ1) is 19.8. The van der Waals surface area contributed by atoms with Crippen molar-refractivity contribution in [1.29, 1.82) is 0 Å². The maximum Gasteiger partial charge on any atom is 0.459 e. The molecule has 1 fully saturated rings. The monoisotopic (exact) mass is 629 g/mol. The van der Waals surface area contributed by atoms with E-state index in [4.69, 9.17) is 35.9 Å². The van der Waals surface area contributed by atoms with Gasteiger partial charge >= 0.3 is 13.7 Å². The molecule has 4 N–H and O–H groups in total. The van der Waals surface area contributed by atoms with Crippen molar-refractivity contribution >= 4 is 48.2 Å². The Balaban J connectivity index is 1.62.